The monoisotopic (exact) mass is 446 g/mol. The lowest BCUT2D eigenvalue weighted by molar-refractivity contribution is 0.0703. The summed E-state index contributed by atoms with van der Waals surface area (Å²) in [5.74, 6) is -0.145. The van der Waals surface area contributed by atoms with E-state index in [4.69, 9.17) is 11.6 Å². The summed E-state index contributed by atoms with van der Waals surface area (Å²) in [7, 11) is -3.53. The van der Waals surface area contributed by atoms with E-state index < -0.39 is 10.0 Å². The van der Waals surface area contributed by atoms with E-state index in [0.717, 1.165) is 15.6 Å². The zero-order valence-electron chi connectivity index (χ0n) is 15.5. The summed E-state index contributed by atoms with van der Waals surface area (Å²) in [6, 6.07) is 16.9. The second-order valence-electron chi connectivity index (χ2n) is 6.69. The van der Waals surface area contributed by atoms with Crippen molar-refractivity contribution in [1.82, 2.24) is 9.21 Å². The molecule has 0 N–H and O–H groups in total. The third-order valence-corrected chi connectivity index (χ3v) is 8.08. The number of hydrogen-bond donors (Lipinski definition) is 0. The SMILES string of the molecule is O=C(c1sc2ccccc2c1Cl)N1CCN(S(=O)(=O)/C=C/c2ccccc2)CC1. The van der Waals surface area contributed by atoms with Crippen LogP contribution >= 0.6 is 22.9 Å². The van der Waals surface area contributed by atoms with Crippen LogP contribution in [-0.4, -0.2) is 49.7 Å². The highest BCUT2D eigenvalue weighted by molar-refractivity contribution is 7.92. The molecule has 0 saturated carbocycles. The number of carbonyl (C=O) groups excluding carboxylic acids is 1. The molecule has 1 amide bonds. The van der Waals surface area contributed by atoms with Gasteiger partial charge in [-0.15, -0.1) is 11.3 Å². The molecule has 1 aliphatic rings. The van der Waals surface area contributed by atoms with Gasteiger partial charge in [0.05, 0.1) is 5.02 Å². The Bertz CT molecular complexity index is 1170. The zero-order chi connectivity index (χ0) is 20.4. The Morgan fingerprint density at radius 2 is 1.62 bits per heavy atom. The molecule has 0 bridgehead atoms. The summed E-state index contributed by atoms with van der Waals surface area (Å²) in [6.45, 7) is 1.19. The predicted octanol–water partition coefficient (Wildman–Crippen LogP) is 4.31. The molecule has 5 nitrogen and oxygen atoms in total. The first-order valence-electron chi connectivity index (χ1n) is 9.15. The minimum atomic E-state index is -3.53. The molecule has 0 atom stereocenters. The summed E-state index contributed by atoms with van der Waals surface area (Å²) >= 11 is 7.79. The van der Waals surface area contributed by atoms with E-state index in [1.165, 1.54) is 21.1 Å². The maximum Gasteiger partial charge on any atom is 0.265 e. The van der Waals surface area contributed by atoms with E-state index in [2.05, 4.69) is 0 Å². The van der Waals surface area contributed by atoms with Crippen molar-refractivity contribution in [3.05, 3.63) is 75.5 Å². The molecule has 0 spiro atoms. The molecule has 4 rings (SSSR count). The lowest BCUT2D eigenvalue weighted by Gasteiger charge is -2.33. The highest BCUT2D eigenvalue weighted by Gasteiger charge is 2.29. The standard InChI is InChI=1S/C21H19ClN2O3S2/c22-19-17-8-4-5-9-18(17)28-20(19)21(25)23-11-13-24(14-12-23)29(26,27)15-10-16-6-2-1-3-7-16/h1-10,15H,11-14H2/b15-10+. The molecular weight excluding hydrogens is 428 g/mol. The average Bonchev–Trinajstić information content (AvgIpc) is 3.09. The van der Waals surface area contributed by atoms with Crippen LogP contribution in [0, 0.1) is 0 Å². The van der Waals surface area contributed by atoms with Gasteiger partial charge < -0.3 is 4.90 Å². The van der Waals surface area contributed by atoms with Gasteiger partial charge in [-0.2, -0.15) is 4.31 Å². The van der Waals surface area contributed by atoms with Crippen molar-refractivity contribution in [2.75, 3.05) is 26.2 Å². The Morgan fingerprint density at radius 1 is 0.966 bits per heavy atom. The summed E-state index contributed by atoms with van der Waals surface area (Å²) in [5, 5.41) is 2.56. The van der Waals surface area contributed by atoms with Crippen LogP contribution in [0.2, 0.25) is 5.02 Å². The van der Waals surface area contributed by atoms with Gasteiger partial charge >= 0.3 is 0 Å². The van der Waals surface area contributed by atoms with Gasteiger partial charge in [-0.1, -0.05) is 60.1 Å². The Hall–Kier alpha value is -2.19. The lowest BCUT2D eigenvalue weighted by Crippen LogP contribution is -2.50. The van der Waals surface area contributed by atoms with Gasteiger partial charge in [-0.3, -0.25) is 4.79 Å². The van der Waals surface area contributed by atoms with Gasteiger partial charge in [-0.25, -0.2) is 8.42 Å². The number of nitrogens with zero attached hydrogens (tertiary/aromatic N) is 2. The van der Waals surface area contributed by atoms with Crippen LogP contribution in [0.3, 0.4) is 0 Å². The lowest BCUT2D eigenvalue weighted by atomic mass is 10.2. The number of carbonyl (C=O) groups is 1. The number of halogens is 1. The van der Waals surface area contributed by atoms with Gasteiger partial charge in [0.1, 0.15) is 4.88 Å². The molecule has 29 heavy (non-hydrogen) atoms. The number of amides is 1. The average molecular weight is 447 g/mol. The molecule has 1 aromatic heterocycles. The van der Waals surface area contributed by atoms with E-state index in [1.807, 2.05) is 54.6 Å². The van der Waals surface area contributed by atoms with Crippen LogP contribution in [0.5, 0.6) is 0 Å². The van der Waals surface area contributed by atoms with Crippen LogP contribution in [0.4, 0.5) is 0 Å². The normalized spacial score (nSPS) is 16.0. The number of benzene rings is 2. The number of rotatable bonds is 4. The smallest absolute Gasteiger partial charge is 0.265 e. The Labute approximate surface area is 178 Å². The second-order valence-corrected chi connectivity index (χ2v) is 9.94. The van der Waals surface area contributed by atoms with Gasteiger partial charge in [0.15, 0.2) is 0 Å². The highest BCUT2D eigenvalue weighted by Crippen LogP contribution is 2.36. The van der Waals surface area contributed by atoms with Crippen LogP contribution in [-0.2, 0) is 10.0 Å². The highest BCUT2D eigenvalue weighted by atomic mass is 35.5. The molecule has 3 aromatic rings. The molecule has 150 valence electrons. The van der Waals surface area contributed by atoms with E-state index in [-0.39, 0.29) is 19.0 Å². The minimum absolute atomic E-state index is 0.145. The summed E-state index contributed by atoms with van der Waals surface area (Å²) in [5.41, 5.74) is 0.823. The molecule has 2 aromatic carbocycles. The number of fused-ring (bicyclic) bond motifs is 1. The van der Waals surface area contributed by atoms with E-state index >= 15 is 0 Å². The van der Waals surface area contributed by atoms with Gasteiger partial charge in [0.25, 0.3) is 5.91 Å². The van der Waals surface area contributed by atoms with Crippen LogP contribution in [0.15, 0.2) is 60.0 Å². The fourth-order valence-corrected chi connectivity index (χ4v) is 5.91. The topological polar surface area (TPSA) is 57.7 Å². The van der Waals surface area contributed by atoms with Crippen LogP contribution in [0.1, 0.15) is 15.2 Å². The molecule has 1 aliphatic heterocycles. The molecule has 0 unspecified atom stereocenters. The maximum atomic E-state index is 12.9. The van der Waals surface area contributed by atoms with Gasteiger partial charge in [-0.05, 0) is 17.7 Å². The summed E-state index contributed by atoms with van der Waals surface area (Å²) < 4.78 is 27.6. The second kappa shape index (κ2) is 8.28. The fourth-order valence-electron chi connectivity index (χ4n) is 3.26. The zero-order valence-corrected chi connectivity index (χ0v) is 17.9. The minimum Gasteiger partial charge on any atom is -0.335 e. The molecule has 0 aliphatic carbocycles. The fraction of sp³-hybridized carbons (Fsp3) is 0.190. The predicted molar refractivity (Wildman–Crippen MR) is 119 cm³/mol. The van der Waals surface area contributed by atoms with E-state index in [9.17, 15) is 13.2 Å². The Kier molecular flexibility index (Phi) is 5.74. The van der Waals surface area contributed by atoms with Crippen molar-refractivity contribution in [3.8, 4) is 0 Å². The van der Waals surface area contributed by atoms with Crippen molar-refractivity contribution in [2.24, 2.45) is 0 Å². The Balaban J connectivity index is 1.44. The van der Waals surface area contributed by atoms with E-state index in [0.29, 0.717) is 23.0 Å². The first-order chi connectivity index (χ1) is 14.0. The van der Waals surface area contributed by atoms with Crippen LogP contribution < -0.4 is 0 Å². The first-order valence-corrected chi connectivity index (χ1v) is 11.8. The Morgan fingerprint density at radius 3 is 2.31 bits per heavy atom. The molecule has 8 heteroatoms. The van der Waals surface area contributed by atoms with Crippen molar-refractivity contribution in [1.29, 1.82) is 0 Å². The van der Waals surface area contributed by atoms with Crippen molar-refractivity contribution in [2.45, 2.75) is 0 Å². The van der Waals surface area contributed by atoms with Crippen molar-refractivity contribution < 1.29 is 13.2 Å². The molecule has 1 saturated heterocycles. The largest absolute Gasteiger partial charge is 0.335 e. The summed E-state index contributed by atoms with van der Waals surface area (Å²) in [6.07, 6.45) is 1.59. The molecular formula is C21H19ClN2O3S2. The number of sulfonamides is 1. The molecule has 0 radical (unpaired) electrons. The van der Waals surface area contributed by atoms with E-state index in [1.54, 1.807) is 11.0 Å². The third-order valence-electron chi connectivity index (χ3n) is 4.85. The molecule has 1 fully saturated rings. The van der Waals surface area contributed by atoms with Crippen LogP contribution in [0.25, 0.3) is 16.2 Å². The number of thiophene rings is 1. The summed E-state index contributed by atoms with van der Waals surface area (Å²) in [4.78, 5) is 15.1. The van der Waals surface area contributed by atoms with Crippen molar-refractivity contribution in [3.63, 3.8) is 0 Å². The third kappa shape index (κ3) is 4.23. The number of piperazine rings is 1. The molecule has 2 heterocycles. The quantitative estimate of drug-likeness (QED) is 0.600. The van der Waals surface area contributed by atoms with Crippen molar-refractivity contribution >= 4 is 55.0 Å². The first kappa shape index (κ1) is 20.1. The van der Waals surface area contributed by atoms with Gasteiger partial charge in [0, 0.05) is 41.7 Å². The number of hydrogen-bond acceptors (Lipinski definition) is 4. The maximum absolute atomic E-state index is 12.9. The van der Waals surface area contributed by atoms with Gasteiger partial charge in [0.2, 0.25) is 10.0 Å².